The predicted octanol–water partition coefficient (Wildman–Crippen LogP) is 5.74. The van der Waals surface area contributed by atoms with E-state index in [1.807, 2.05) is 19.9 Å². The third-order valence-corrected chi connectivity index (χ3v) is 5.76. The zero-order chi connectivity index (χ0) is 24.6. The fraction of sp³-hybridized carbons (Fsp3) is 0.192. The Hall–Kier alpha value is -3.94. The van der Waals surface area contributed by atoms with Crippen molar-refractivity contribution in [3.8, 4) is 11.1 Å². The Morgan fingerprint density at radius 3 is 2.53 bits per heavy atom. The Morgan fingerprint density at radius 2 is 1.82 bits per heavy atom. The van der Waals surface area contributed by atoms with Gasteiger partial charge in [-0.05, 0) is 66.9 Å². The predicted molar refractivity (Wildman–Crippen MR) is 126 cm³/mol. The standard InChI is InChI=1S/C26H22F3N3O2/c1-4-19-13-23-17(14-30-19)11-22(25(34)32(23)3)21-12-20(9-8-15(21)2)31-24(33)16-6-5-7-18(10-16)26(27,28)29/h5-14H,4H2,1-3H3,(H,31,33). The molecule has 0 bridgehead atoms. The third kappa shape index (κ3) is 4.44. The first-order chi connectivity index (χ1) is 16.1. The van der Waals surface area contributed by atoms with E-state index in [1.165, 1.54) is 12.1 Å². The van der Waals surface area contributed by atoms with Crippen LogP contribution in [-0.2, 0) is 19.6 Å². The first-order valence-electron chi connectivity index (χ1n) is 10.7. The molecule has 0 aliphatic carbocycles. The summed E-state index contributed by atoms with van der Waals surface area (Å²) >= 11 is 0. The molecule has 0 fully saturated rings. The summed E-state index contributed by atoms with van der Waals surface area (Å²) in [7, 11) is 1.70. The lowest BCUT2D eigenvalue weighted by Crippen LogP contribution is -2.19. The van der Waals surface area contributed by atoms with Gasteiger partial charge in [0.25, 0.3) is 11.5 Å². The van der Waals surface area contributed by atoms with Crippen LogP contribution in [0.2, 0.25) is 0 Å². The lowest BCUT2D eigenvalue weighted by atomic mass is 9.99. The molecule has 4 aromatic rings. The van der Waals surface area contributed by atoms with Gasteiger partial charge in [-0.3, -0.25) is 14.6 Å². The van der Waals surface area contributed by atoms with Gasteiger partial charge in [0.15, 0.2) is 0 Å². The van der Waals surface area contributed by atoms with Gasteiger partial charge in [0.2, 0.25) is 0 Å². The molecule has 2 aromatic carbocycles. The first kappa shape index (κ1) is 23.2. The Kier molecular flexibility index (Phi) is 6.00. The number of carbonyl (C=O) groups is 1. The quantitative estimate of drug-likeness (QED) is 0.418. The molecule has 0 radical (unpaired) electrons. The summed E-state index contributed by atoms with van der Waals surface area (Å²) in [6, 6.07) is 12.9. The number of benzene rings is 2. The maximum absolute atomic E-state index is 13.2. The summed E-state index contributed by atoms with van der Waals surface area (Å²) < 4.78 is 40.6. The zero-order valence-corrected chi connectivity index (χ0v) is 18.8. The highest BCUT2D eigenvalue weighted by Crippen LogP contribution is 2.30. The van der Waals surface area contributed by atoms with Crippen LogP contribution in [0.25, 0.3) is 22.0 Å². The number of hydrogen-bond acceptors (Lipinski definition) is 3. The van der Waals surface area contributed by atoms with E-state index in [2.05, 4.69) is 10.3 Å². The summed E-state index contributed by atoms with van der Waals surface area (Å²) in [6.07, 6.45) is -2.07. The zero-order valence-electron chi connectivity index (χ0n) is 18.8. The van der Waals surface area contributed by atoms with E-state index in [0.717, 1.165) is 40.7 Å². The van der Waals surface area contributed by atoms with E-state index in [-0.39, 0.29) is 11.1 Å². The van der Waals surface area contributed by atoms with Gasteiger partial charge >= 0.3 is 6.18 Å². The van der Waals surface area contributed by atoms with Crippen molar-refractivity contribution < 1.29 is 18.0 Å². The summed E-state index contributed by atoms with van der Waals surface area (Å²) in [6.45, 7) is 3.83. The van der Waals surface area contributed by atoms with Gasteiger partial charge in [0.05, 0.1) is 11.1 Å². The monoisotopic (exact) mass is 465 g/mol. The molecule has 0 aliphatic rings. The number of aromatic nitrogens is 2. The lowest BCUT2D eigenvalue weighted by Gasteiger charge is -2.14. The molecule has 34 heavy (non-hydrogen) atoms. The van der Waals surface area contributed by atoms with Crippen molar-refractivity contribution in [1.82, 2.24) is 9.55 Å². The number of alkyl halides is 3. The van der Waals surface area contributed by atoms with Crippen molar-refractivity contribution in [3.63, 3.8) is 0 Å². The van der Waals surface area contributed by atoms with E-state index < -0.39 is 17.6 Å². The van der Waals surface area contributed by atoms with E-state index in [4.69, 9.17) is 0 Å². The minimum absolute atomic E-state index is 0.114. The summed E-state index contributed by atoms with van der Waals surface area (Å²) in [5.41, 5.74) is 2.66. The Balaban J connectivity index is 1.72. The Bertz CT molecular complexity index is 1470. The van der Waals surface area contributed by atoms with Crippen LogP contribution in [0.15, 0.2) is 65.6 Å². The normalized spacial score (nSPS) is 11.6. The van der Waals surface area contributed by atoms with Crippen molar-refractivity contribution in [1.29, 1.82) is 0 Å². The summed E-state index contributed by atoms with van der Waals surface area (Å²) in [5, 5.41) is 3.43. The Labute approximate surface area is 193 Å². The number of anilines is 1. The van der Waals surface area contributed by atoms with Crippen LogP contribution in [0, 0.1) is 6.92 Å². The van der Waals surface area contributed by atoms with Crippen LogP contribution >= 0.6 is 0 Å². The number of fused-ring (bicyclic) bond motifs is 1. The molecule has 5 nitrogen and oxygen atoms in total. The average Bonchev–Trinajstić information content (AvgIpc) is 2.82. The molecule has 174 valence electrons. The summed E-state index contributed by atoms with van der Waals surface area (Å²) in [5.74, 6) is -0.677. The minimum atomic E-state index is -4.55. The van der Waals surface area contributed by atoms with Gasteiger partial charge in [-0.1, -0.05) is 19.1 Å². The van der Waals surface area contributed by atoms with Crippen molar-refractivity contribution in [2.24, 2.45) is 7.05 Å². The van der Waals surface area contributed by atoms with Crippen molar-refractivity contribution >= 4 is 22.5 Å². The molecule has 4 rings (SSSR count). The van der Waals surface area contributed by atoms with Gasteiger partial charge < -0.3 is 9.88 Å². The van der Waals surface area contributed by atoms with E-state index in [0.29, 0.717) is 16.8 Å². The van der Waals surface area contributed by atoms with Crippen molar-refractivity contribution in [2.45, 2.75) is 26.4 Å². The van der Waals surface area contributed by atoms with Crippen LogP contribution in [0.5, 0.6) is 0 Å². The fourth-order valence-electron chi connectivity index (χ4n) is 3.82. The number of nitrogens with zero attached hydrogens (tertiary/aromatic N) is 2. The Morgan fingerprint density at radius 1 is 1.06 bits per heavy atom. The van der Waals surface area contributed by atoms with Crippen LogP contribution < -0.4 is 10.9 Å². The lowest BCUT2D eigenvalue weighted by molar-refractivity contribution is -0.137. The number of pyridine rings is 2. The highest BCUT2D eigenvalue weighted by atomic mass is 19.4. The van der Waals surface area contributed by atoms with Gasteiger partial charge in [0, 0.05) is 41.1 Å². The van der Waals surface area contributed by atoms with Crippen molar-refractivity contribution in [2.75, 3.05) is 5.32 Å². The molecule has 1 amide bonds. The molecule has 0 saturated heterocycles. The number of rotatable bonds is 4. The second-order valence-electron chi connectivity index (χ2n) is 8.07. The van der Waals surface area contributed by atoms with Crippen molar-refractivity contribution in [3.05, 3.63) is 93.5 Å². The first-order valence-corrected chi connectivity index (χ1v) is 10.7. The van der Waals surface area contributed by atoms with E-state index in [1.54, 1.807) is 42.1 Å². The molecule has 0 spiro atoms. The molecule has 0 atom stereocenters. The smallest absolute Gasteiger partial charge is 0.322 e. The molecular weight excluding hydrogens is 443 g/mol. The molecule has 0 aliphatic heterocycles. The van der Waals surface area contributed by atoms with E-state index >= 15 is 0 Å². The number of halogens is 3. The van der Waals surface area contributed by atoms with Gasteiger partial charge in [0.1, 0.15) is 0 Å². The SMILES string of the molecule is CCc1cc2c(cn1)cc(-c1cc(NC(=O)c3cccc(C(F)(F)F)c3)ccc1C)c(=O)n2C. The molecule has 2 aromatic heterocycles. The second kappa shape index (κ2) is 8.78. The van der Waals surface area contributed by atoms with Gasteiger partial charge in [-0.25, -0.2) is 0 Å². The largest absolute Gasteiger partial charge is 0.416 e. The number of amides is 1. The van der Waals surface area contributed by atoms with Crippen LogP contribution in [0.3, 0.4) is 0 Å². The van der Waals surface area contributed by atoms with E-state index in [9.17, 15) is 22.8 Å². The molecule has 0 saturated carbocycles. The minimum Gasteiger partial charge on any atom is -0.322 e. The number of aryl methyl sites for hydroxylation is 3. The van der Waals surface area contributed by atoms with Crippen LogP contribution in [0.1, 0.15) is 34.1 Å². The topological polar surface area (TPSA) is 64.0 Å². The molecule has 0 unspecified atom stereocenters. The average molecular weight is 465 g/mol. The van der Waals surface area contributed by atoms with Crippen LogP contribution in [0.4, 0.5) is 18.9 Å². The van der Waals surface area contributed by atoms with Crippen LogP contribution in [-0.4, -0.2) is 15.5 Å². The molecule has 1 N–H and O–H groups in total. The molecular formula is C26H22F3N3O2. The number of hydrogen-bond donors (Lipinski definition) is 1. The molecule has 8 heteroatoms. The van der Waals surface area contributed by atoms with Gasteiger partial charge in [-0.2, -0.15) is 13.2 Å². The maximum atomic E-state index is 13.2. The number of nitrogens with one attached hydrogen (secondary N) is 1. The highest BCUT2D eigenvalue weighted by molar-refractivity contribution is 6.04. The summed E-state index contributed by atoms with van der Waals surface area (Å²) in [4.78, 5) is 30.2. The number of carbonyl (C=O) groups excluding carboxylic acids is 1. The molecule has 2 heterocycles. The van der Waals surface area contributed by atoms with Gasteiger partial charge in [-0.15, -0.1) is 0 Å². The third-order valence-electron chi connectivity index (χ3n) is 5.76. The highest BCUT2D eigenvalue weighted by Gasteiger charge is 2.30. The maximum Gasteiger partial charge on any atom is 0.416 e. The fourth-order valence-corrected chi connectivity index (χ4v) is 3.82. The second-order valence-corrected chi connectivity index (χ2v) is 8.07.